The Balaban J connectivity index is 1.88. The minimum absolute atomic E-state index is 0.583. The second kappa shape index (κ2) is 6.12. The average Bonchev–Trinajstić information content (AvgIpc) is 2.38. The largest absolute Gasteiger partial charge is 0.416 e. The Morgan fingerprint density at radius 3 is 2.10 bits per heavy atom. The van der Waals surface area contributed by atoms with Crippen LogP contribution < -0.4 is 0 Å². The second-order valence-electron chi connectivity index (χ2n) is 5.04. The fourth-order valence-corrected chi connectivity index (χ4v) is 2.22. The van der Waals surface area contributed by atoms with Gasteiger partial charge in [-0.05, 0) is 49.4 Å². The van der Waals surface area contributed by atoms with Gasteiger partial charge in [-0.25, -0.2) is 0 Å². The highest BCUT2D eigenvalue weighted by Gasteiger charge is 2.29. The van der Waals surface area contributed by atoms with Gasteiger partial charge in [0.25, 0.3) is 0 Å². The van der Waals surface area contributed by atoms with Gasteiger partial charge < -0.3 is 0 Å². The molecule has 3 heteroatoms. The van der Waals surface area contributed by atoms with Gasteiger partial charge in [-0.2, -0.15) is 13.2 Å². The molecule has 0 aliphatic carbocycles. The Hall–Kier alpha value is -1.77. The molecule has 0 saturated heterocycles. The maximum Gasteiger partial charge on any atom is 0.416 e. The number of hydrogen-bond donors (Lipinski definition) is 0. The smallest absolute Gasteiger partial charge is 0.166 e. The van der Waals surface area contributed by atoms with Gasteiger partial charge in [-0.3, -0.25) is 0 Å². The Bertz CT molecular complexity index is 553. The van der Waals surface area contributed by atoms with E-state index in [0.717, 1.165) is 37.0 Å². The summed E-state index contributed by atoms with van der Waals surface area (Å²) < 4.78 is 37.3. The van der Waals surface area contributed by atoms with Crippen molar-refractivity contribution in [1.29, 1.82) is 0 Å². The fourth-order valence-electron chi connectivity index (χ4n) is 2.22. The summed E-state index contributed by atoms with van der Waals surface area (Å²) >= 11 is 0. The predicted molar refractivity (Wildman–Crippen MR) is 74.6 cm³/mol. The SMILES string of the molecule is Cc1cccc(CCCc2ccc(C(F)(F)F)cc2)c1. The lowest BCUT2D eigenvalue weighted by atomic mass is 10.0. The van der Waals surface area contributed by atoms with Crippen LogP contribution in [0.5, 0.6) is 0 Å². The van der Waals surface area contributed by atoms with Crippen molar-refractivity contribution >= 4 is 0 Å². The van der Waals surface area contributed by atoms with Crippen LogP contribution in [0.4, 0.5) is 13.2 Å². The summed E-state index contributed by atoms with van der Waals surface area (Å²) in [5.74, 6) is 0. The topological polar surface area (TPSA) is 0 Å². The monoisotopic (exact) mass is 278 g/mol. The molecule has 2 rings (SSSR count). The fraction of sp³-hybridized carbons (Fsp3) is 0.294. The van der Waals surface area contributed by atoms with Gasteiger partial charge in [-0.1, -0.05) is 42.0 Å². The predicted octanol–water partition coefficient (Wildman–Crippen LogP) is 5.19. The van der Waals surface area contributed by atoms with E-state index in [-0.39, 0.29) is 0 Å². The normalized spacial score (nSPS) is 11.6. The third-order valence-electron chi connectivity index (χ3n) is 3.29. The van der Waals surface area contributed by atoms with E-state index in [1.807, 2.05) is 6.07 Å². The Labute approximate surface area is 117 Å². The van der Waals surface area contributed by atoms with Crippen LogP contribution in [-0.2, 0) is 19.0 Å². The Kier molecular flexibility index (Phi) is 4.48. The third-order valence-corrected chi connectivity index (χ3v) is 3.29. The van der Waals surface area contributed by atoms with Crippen LogP contribution in [0.15, 0.2) is 48.5 Å². The molecule has 2 aromatic carbocycles. The summed E-state index contributed by atoms with van der Waals surface area (Å²) in [7, 11) is 0. The lowest BCUT2D eigenvalue weighted by Gasteiger charge is -2.08. The molecule has 0 unspecified atom stereocenters. The maximum absolute atomic E-state index is 12.4. The van der Waals surface area contributed by atoms with E-state index in [0.29, 0.717) is 0 Å². The van der Waals surface area contributed by atoms with Crippen molar-refractivity contribution in [2.24, 2.45) is 0 Å². The lowest BCUT2D eigenvalue weighted by molar-refractivity contribution is -0.137. The first kappa shape index (κ1) is 14.6. The summed E-state index contributed by atoms with van der Waals surface area (Å²) in [5.41, 5.74) is 2.87. The molecule has 0 aliphatic rings. The molecule has 0 heterocycles. The summed E-state index contributed by atoms with van der Waals surface area (Å²) in [6.45, 7) is 2.05. The van der Waals surface area contributed by atoms with Crippen LogP contribution in [0.3, 0.4) is 0 Å². The summed E-state index contributed by atoms with van der Waals surface area (Å²) in [6, 6.07) is 13.8. The molecule has 2 aromatic rings. The molecule has 20 heavy (non-hydrogen) atoms. The zero-order chi connectivity index (χ0) is 14.6. The molecule has 0 spiro atoms. The van der Waals surface area contributed by atoms with Gasteiger partial charge >= 0.3 is 6.18 Å². The first-order valence-electron chi connectivity index (χ1n) is 6.67. The number of aryl methyl sites for hydroxylation is 3. The number of hydrogen-bond acceptors (Lipinski definition) is 0. The molecule has 0 aromatic heterocycles. The highest BCUT2D eigenvalue weighted by atomic mass is 19.4. The molecular weight excluding hydrogens is 261 g/mol. The molecule has 0 amide bonds. The lowest BCUT2D eigenvalue weighted by Crippen LogP contribution is -2.04. The van der Waals surface area contributed by atoms with Crippen LogP contribution in [0.1, 0.15) is 28.7 Å². The van der Waals surface area contributed by atoms with Crippen molar-refractivity contribution in [3.05, 3.63) is 70.8 Å². The van der Waals surface area contributed by atoms with Crippen LogP contribution in [-0.4, -0.2) is 0 Å². The maximum atomic E-state index is 12.4. The van der Waals surface area contributed by atoms with E-state index in [9.17, 15) is 13.2 Å². The molecule has 0 nitrogen and oxygen atoms in total. The number of halogens is 3. The molecule has 0 radical (unpaired) electrons. The minimum atomic E-state index is -4.25. The van der Waals surface area contributed by atoms with Crippen molar-refractivity contribution in [3.8, 4) is 0 Å². The van der Waals surface area contributed by atoms with Gasteiger partial charge in [0.2, 0.25) is 0 Å². The zero-order valence-corrected chi connectivity index (χ0v) is 11.4. The molecular formula is C17H17F3. The first-order chi connectivity index (χ1) is 9.45. The van der Waals surface area contributed by atoms with Crippen LogP contribution in [0, 0.1) is 6.92 Å². The van der Waals surface area contributed by atoms with Gasteiger partial charge in [0.05, 0.1) is 5.56 Å². The average molecular weight is 278 g/mol. The van der Waals surface area contributed by atoms with Gasteiger partial charge in [-0.15, -0.1) is 0 Å². The van der Waals surface area contributed by atoms with Crippen molar-refractivity contribution in [2.45, 2.75) is 32.4 Å². The second-order valence-corrected chi connectivity index (χ2v) is 5.04. The Morgan fingerprint density at radius 2 is 1.50 bits per heavy atom. The van der Waals surface area contributed by atoms with E-state index in [4.69, 9.17) is 0 Å². The van der Waals surface area contributed by atoms with Crippen LogP contribution in [0.25, 0.3) is 0 Å². The number of alkyl halides is 3. The van der Waals surface area contributed by atoms with E-state index < -0.39 is 11.7 Å². The number of rotatable bonds is 4. The molecule has 106 valence electrons. The highest BCUT2D eigenvalue weighted by molar-refractivity contribution is 5.25. The van der Waals surface area contributed by atoms with Crippen LogP contribution >= 0.6 is 0 Å². The molecule has 0 fully saturated rings. The minimum Gasteiger partial charge on any atom is -0.166 e. The third kappa shape index (κ3) is 4.12. The standard InChI is InChI=1S/C17H17F3/c1-13-4-2-6-15(12-13)7-3-5-14-8-10-16(11-9-14)17(18,19)20/h2,4,6,8-12H,3,5,7H2,1H3. The van der Waals surface area contributed by atoms with E-state index >= 15 is 0 Å². The first-order valence-corrected chi connectivity index (χ1v) is 6.67. The van der Waals surface area contributed by atoms with Crippen molar-refractivity contribution in [2.75, 3.05) is 0 Å². The molecule has 0 bridgehead atoms. The van der Waals surface area contributed by atoms with Crippen molar-refractivity contribution < 1.29 is 13.2 Å². The quantitative estimate of drug-likeness (QED) is 0.722. The van der Waals surface area contributed by atoms with E-state index in [1.54, 1.807) is 12.1 Å². The molecule has 0 N–H and O–H groups in total. The van der Waals surface area contributed by atoms with Crippen molar-refractivity contribution in [3.63, 3.8) is 0 Å². The van der Waals surface area contributed by atoms with E-state index in [2.05, 4.69) is 25.1 Å². The van der Waals surface area contributed by atoms with Crippen LogP contribution in [0.2, 0.25) is 0 Å². The molecule has 0 atom stereocenters. The summed E-state index contributed by atoms with van der Waals surface area (Å²) in [4.78, 5) is 0. The summed E-state index contributed by atoms with van der Waals surface area (Å²) in [5, 5.41) is 0. The molecule has 0 aliphatic heterocycles. The highest BCUT2D eigenvalue weighted by Crippen LogP contribution is 2.29. The Morgan fingerprint density at radius 1 is 0.850 bits per heavy atom. The van der Waals surface area contributed by atoms with Gasteiger partial charge in [0.15, 0.2) is 0 Å². The van der Waals surface area contributed by atoms with E-state index in [1.165, 1.54) is 11.1 Å². The van der Waals surface area contributed by atoms with Gasteiger partial charge in [0, 0.05) is 0 Å². The van der Waals surface area contributed by atoms with Gasteiger partial charge in [0.1, 0.15) is 0 Å². The summed E-state index contributed by atoms with van der Waals surface area (Å²) in [6.07, 6.45) is -1.57. The zero-order valence-electron chi connectivity index (χ0n) is 11.4. The van der Waals surface area contributed by atoms with Crippen molar-refractivity contribution in [1.82, 2.24) is 0 Å². The molecule has 0 saturated carbocycles. The number of benzene rings is 2.